The summed E-state index contributed by atoms with van der Waals surface area (Å²) in [4.78, 5) is 22.7. The van der Waals surface area contributed by atoms with E-state index in [0.29, 0.717) is 11.5 Å². The number of hydrogen-bond acceptors (Lipinski definition) is 5. The van der Waals surface area contributed by atoms with Gasteiger partial charge in [0, 0.05) is 6.04 Å². The molecule has 0 aliphatic carbocycles. The lowest BCUT2D eigenvalue weighted by Gasteiger charge is -2.19. The molecule has 108 valence electrons. The Kier molecular flexibility index (Phi) is 4.24. The summed E-state index contributed by atoms with van der Waals surface area (Å²) in [6.45, 7) is 1.93. The summed E-state index contributed by atoms with van der Waals surface area (Å²) in [7, 11) is 3.15. The normalized spacial score (nSPS) is 19.6. The number of carbonyl (C=O) groups excluding carboxylic acids is 2. The SMILES string of the molecule is COc1ccc(C(C)NC2CC(=O)NC2=O)cc1OC. The van der Waals surface area contributed by atoms with Crippen molar-refractivity contribution in [1.82, 2.24) is 10.6 Å². The van der Waals surface area contributed by atoms with Crippen molar-refractivity contribution in [2.24, 2.45) is 0 Å². The second-order valence-electron chi connectivity index (χ2n) is 4.67. The maximum absolute atomic E-state index is 11.5. The first-order valence-electron chi connectivity index (χ1n) is 6.36. The largest absolute Gasteiger partial charge is 0.493 e. The van der Waals surface area contributed by atoms with Crippen LogP contribution >= 0.6 is 0 Å². The number of rotatable bonds is 5. The first-order valence-corrected chi connectivity index (χ1v) is 6.36. The van der Waals surface area contributed by atoms with E-state index >= 15 is 0 Å². The molecule has 2 N–H and O–H groups in total. The fourth-order valence-corrected chi connectivity index (χ4v) is 2.21. The van der Waals surface area contributed by atoms with Crippen LogP contribution in [0.3, 0.4) is 0 Å². The molecule has 6 nitrogen and oxygen atoms in total. The molecule has 2 atom stereocenters. The van der Waals surface area contributed by atoms with Crippen LogP contribution in [0.1, 0.15) is 24.9 Å². The van der Waals surface area contributed by atoms with E-state index in [1.54, 1.807) is 14.2 Å². The highest BCUT2D eigenvalue weighted by molar-refractivity contribution is 6.05. The molecule has 0 spiro atoms. The summed E-state index contributed by atoms with van der Waals surface area (Å²) in [5.41, 5.74) is 0.954. The van der Waals surface area contributed by atoms with Crippen molar-refractivity contribution in [1.29, 1.82) is 0 Å². The van der Waals surface area contributed by atoms with Crippen LogP contribution in [0.15, 0.2) is 18.2 Å². The molecule has 1 fully saturated rings. The summed E-state index contributed by atoms with van der Waals surface area (Å²) < 4.78 is 10.4. The van der Waals surface area contributed by atoms with Gasteiger partial charge < -0.3 is 9.47 Å². The fourth-order valence-electron chi connectivity index (χ4n) is 2.21. The van der Waals surface area contributed by atoms with E-state index in [0.717, 1.165) is 5.56 Å². The first kappa shape index (κ1) is 14.3. The Morgan fingerprint density at radius 3 is 2.50 bits per heavy atom. The van der Waals surface area contributed by atoms with E-state index in [-0.39, 0.29) is 24.3 Å². The van der Waals surface area contributed by atoms with Crippen molar-refractivity contribution in [2.75, 3.05) is 14.2 Å². The first-order chi connectivity index (χ1) is 9.55. The van der Waals surface area contributed by atoms with Gasteiger partial charge >= 0.3 is 0 Å². The van der Waals surface area contributed by atoms with E-state index < -0.39 is 6.04 Å². The molecule has 1 aliphatic rings. The van der Waals surface area contributed by atoms with Gasteiger partial charge in [0.25, 0.3) is 0 Å². The Balaban J connectivity index is 2.11. The summed E-state index contributed by atoms with van der Waals surface area (Å²) in [5, 5.41) is 5.41. The number of amides is 2. The fraction of sp³-hybridized carbons (Fsp3) is 0.429. The van der Waals surface area contributed by atoms with Crippen LogP contribution < -0.4 is 20.1 Å². The van der Waals surface area contributed by atoms with Crippen LogP contribution in [0.5, 0.6) is 11.5 Å². The number of hydrogen-bond donors (Lipinski definition) is 2. The van der Waals surface area contributed by atoms with Crippen LogP contribution in [-0.4, -0.2) is 32.1 Å². The Bertz CT molecular complexity index is 530. The highest BCUT2D eigenvalue weighted by Gasteiger charge is 2.31. The van der Waals surface area contributed by atoms with Crippen molar-refractivity contribution < 1.29 is 19.1 Å². The number of benzene rings is 1. The molecule has 6 heteroatoms. The molecule has 1 aromatic rings. The number of nitrogens with one attached hydrogen (secondary N) is 2. The Hall–Kier alpha value is -2.08. The van der Waals surface area contributed by atoms with E-state index in [9.17, 15) is 9.59 Å². The molecule has 0 aromatic heterocycles. The van der Waals surface area contributed by atoms with Crippen LogP contribution in [0.2, 0.25) is 0 Å². The lowest BCUT2D eigenvalue weighted by molar-refractivity contribution is -0.125. The van der Waals surface area contributed by atoms with Gasteiger partial charge in [-0.25, -0.2) is 0 Å². The molecule has 1 heterocycles. The maximum atomic E-state index is 11.5. The minimum absolute atomic E-state index is 0.0866. The molecule has 20 heavy (non-hydrogen) atoms. The molecule has 2 amide bonds. The quantitative estimate of drug-likeness (QED) is 0.778. The third kappa shape index (κ3) is 2.91. The van der Waals surface area contributed by atoms with E-state index in [1.807, 2.05) is 25.1 Å². The highest BCUT2D eigenvalue weighted by Crippen LogP contribution is 2.30. The Morgan fingerprint density at radius 2 is 1.95 bits per heavy atom. The number of ether oxygens (including phenoxy) is 2. The van der Waals surface area contributed by atoms with Gasteiger partial charge in [-0.3, -0.25) is 20.2 Å². The molecule has 1 aromatic carbocycles. The van der Waals surface area contributed by atoms with Crippen molar-refractivity contribution >= 4 is 11.8 Å². The molecule has 0 saturated carbocycles. The molecular weight excluding hydrogens is 260 g/mol. The molecule has 1 aliphatic heterocycles. The van der Waals surface area contributed by atoms with Crippen molar-refractivity contribution in [3.63, 3.8) is 0 Å². The lowest BCUT2D eigenvalue weighted by Crippen LogP contribution is -2.37. The number of imide groups is 1. The van der Waals surface area contributed by atoms with Gasteiger partial charge in [-0.1, -0.05) is 6.07 Å². The van der Waals surface area contributed by atoms with Crippen LogP contribution in [-0.2, 0) is 9.59 Å². The molecule has 0 radical (unpaired) electrons. The average Bonchev–Trinajstić information content (AvgIpc) is 2.75. The van der Waals surface area contributed by atoms with Gasteiger partial charge in [0.15, 0.2) is 11.5 Å². The van der Waals surface area contributed by atoms with Gasteiger partial charge in [0.05, 0.1) is 26.7 Å². The standard InChI is InChI=1S/C14H18N2O4/c1-8(15-10-7-13(17)16-14(10)18)9-4-5-11(19-2)12(6-9)20-3/h4-6,8,10,15H,7H2,1-3H3,(H,16,17,18). The predicted molar refractivity (Wildman–Crippen MR) is 72.7 cm³/mol. The minimum Gasteiger partial charge on any atom is -0.493 e. The van der Waals surface area contributed by atoms with Crippen molar-refractivity contribution in [3.8, 4) is 11.5 Å². The summed E-state index contributed by atoms with van der Waals surface area (Å²) in [6, 6.07) is 4.99. The minimum atomic E-state index is -0.481. The topological polar surface area (TPSA) is 76.7 Å². The van der Waals surface area contributed by atoms with Crippen LogP contribution in [0.4, 0.5) is 0 Å². The molecule has 0 bridgehead atoms. The van der Waals surface area contributed by atoms with E-state index in [1.165, 1.54) is 0 Å². The molecule has 1 saturated heterocycles. The van der Waals surface area contributed by atoms with Crippen LogP contribution in [0, 0.1) is 0 Å². The van der Waals surface area contributed by atoms with Gasteiger partial charge in [-0.15, -0.1) is 0 Å². The monoisotopic (exact) mass is 278 g/mol. The average molecular weight is 278 g/mol. The van der Waals surface area contributed by atoms with Gasteiger partial charge in [-0.05, 0) is 24.6 Å². The zero-order valence-corrected chi connectivity index (χ0v) is 11.7. The van der Waals surface area contributed by atoms with Crippen LogP contribution in [0.25, 0.3) is 0 Å². The summed E-state index contributed by atoms with van der Waals surface area (Å²) in [6.07, 6.45) is 0.177. The molecule has 2 rings (SSSR count). The Labute approximate surface area is 117 Å². The summed E-state index contributed by atoms with van der Waals surface area (Å²) in [5.74, 6) is 0.761. The van der Waals surface area contributed by atoms with Crippen molar-refractivity contribution in [2.45, 2.75) is 25.4 Å². The third-order valence-corrected chi connectivity index (χ3v) is 3.33. The zero-order chi connectivity index (χ0) is 14.7. The number of methoxy groups -OCH3 is 2. The highest BCUT2D eigenvalue weighted by atomic mass is 16.5. The second-order valence-corrected chi connectivity index (χ2v) is 4.67. The predicted octanol–water partition coefficient (Wildman–Crippen LogP) is 0.769. The lowest BCUT2D eigenvalue weighted by atomic mass is 10.1. The maximum Gasteiger partial charge on any atom is 0.244 e. The smallest absolute Gasteiger partial charge is 0.244 e. The van der Waals surface area contributed by atoms with Gasteiger partial charge in [0.1, 0.15) is 0 Å². The third-order valence-electron chi connectivity index (χ3n) is 3.33. The number of carbonyl (C=O) groups is 2. The van der Waals surface area contributed by atoms with E-state index in [4.69, 9.17) is 9.47 Å². The van der Waals surface area contributed by atoms with Crippen molar-refractivity contribution in [3.05, 3.63) is 23.8 Å². The zero-order valence-electron chi connectivity index (χ0n) is 11.7. The Morgan fingerprint density at radius 1 is 1.25 bits per heavy atom. The van der Waals surface area contributed by atoms with Gasteiger partial charge in [0.2, 0.25) is 11.8 Å². The molecule has 2 unspecified atom stereocenters. The van der Waals surface area contributed by atoms with Gasteiger partial charge in [-0.2, -0.15) is 0 Å². The summed E-state index contributed by atoms with van der Waals surface area (Å²) >= 11 is 0. The molecular formula is C14H18N2O4. The second kappa shape index (κ2) is 5.92. The van der Waals surface area contributed by atoms with E-state index in [2.05, 4.69) is 10.6 Å².